The largest absolute Gasteiger partial charge is 0.394 e. The minimum absolute atomic E-state index is 0.606. The second-order valence-electron chi connectivity index (χ2n) is 2.67. The second kappa shape index (κ2) is 3.63. The Balaban J connectivity index is 2.63. The zero-order chi connectivity index (χ0) is 9.30. The summed E-state index contributed by atoms with van der Waals surface area (Å²) in [4.78, 5) is 0. The van der Waals surface area contributed by atoms with E-state index >= 15 is 0 Å². The van der Waals surface area contributed by atoms with Crippen LogP contribution in [0.4, 0.5) is 4.39 Å². The van der Waals surface area contributed by atoms with Crippen LogP contribution in [-0.4, -0.2) is 57.8 Å². The van der Waals surface area contributed by atoms with E-state index in [-0.39, 0.29) is 0 Å². The van der Waals surface area contributed by atoms with Crippen molar-refractivity contribution < 1.29 is 29.6 Å². The molecule has 1 heterocycles. The fraction of sp³-hybridized carbons (Fsp3) is 1.00. The van der Waals surface area contributed by atoms with Crippen LogP contribution in [0.5, 0.6) is 0 Å². The Kier molecular flexibility index (Phi) is 2.97. The lowest BCUT2D eigenvalue weighted by Gasteiger charge is -2.36. The van der Waals surface area contributed by atoms with Gasteiger partial charge >= 0.3 is 0 Å². The van der Waals surface area contributed by atoms with Gasteiger partial charge in [-0.05, 0) is 0 Å². The molecule has 0 aromatic heterocycles. The fourth-order valence-corrected chi connectivity index (χ4v) is 1.06. The maximum Gasteiger partial charge on any atom is 0.184 e. The summed E-state index contributed by atoms with van der Waals surface area (Å²) in [5.41, 5.74) is 0. The number of ether oxygens (including phenoxy) is 1. The molecule has 0 radical (unpaired) electrons. The predicted molar refractivity (Wildman–Crippen MR) is 34.9 cm³/mol. The molecule has 0 aliphatic carbocycles. The Labute approximate surface area is 68.0 Å². The molecule has 1 fully saturated rings. The Hall–Kier alpha value is -0.270. The highest BCUT2D eigenvalue weighted by Crippen LogP contribution is 2.21. The van der Waals surface area contributed by atoms with Crippen molar-refractivity contribution in [3.8, 4) is 0 Å². The third-order valence-electron chi connectivity index (χ3n) is 1.82. The molecule has 12 heavy (non-hydrogen) atoms. The van der Waals surface area contributed by atoms with Crippen molar-refractivity contribution in [2.75, 3.05) is 6.61 Å². The summed E-state index contributed by atoms with van der Waals surface area (Å²) in [6.07, 6.45) is -8.24. The van der Waals surface area contributed by atoms with Gasteiger partial charge in [-0.3, -0.25) is 0 Å². The Morgan fingerprint density at radius 2 is 1.75 bits per heavy atom. The van der Waals surface area contributed by atoms with Crippen LogP contribution in [0.3, 0.4) is 0 Å². The third kappa shape index (κ3) is 1.57. The number of alkyl halides is 1. The van der Waals surface area contributed by atoms with Gasteiger partial charge in [0.1, 0.15) is 18.3 Å². The molecule has 5 atom stereocenters. The molecule has 0 bridgehead atoms. The maximum atomic E-state index is 12.8. The lowest BCUT2D eigenvalue weighted by molar-refractivity contribution is -0.274. The van der Waals surface area contributed by atoms with Crippen LogP contribution >= 0.6 is 0 Å². The van der Waals surface area contributed by atoms with E-state index in [4.69, 9.17) is 20.4 Å². The summed E-state index contributed by atoms with van der Waals surface area (Å²) in [6.45, 7) is -0.606. The van der Waals surface area contributed by atoms with E-state index in [1.54, 1.807) is 0 Å². The highest BCUT2D eigenvalue weighted by atomic mass is 19.1. The quantitative estimate of drug-likeness (QED) is 0.368. The third-order valence-corrected chi connectivity index (χ3v) is 1.82. The summed E-state index contributed by atoms with van der Waals surface area (Å²) < 4.78 is 17.3. The van der Waals surface area contributed by atoms with Gasteiger partial charge in [-0.2, -0.15) is 0 Å². The average molecular weight is 182 g/mol. The Bertz CT molecular complexity index is 150. The van der Waals surface area contributed by atoms with Gasteiger partial charge in [-0.15, -0.1) is 0 Å². The van der Waals surface area contributed by atoms with Gasteiger partial charge in [-0.1, -0.05) is 0 Å². The smallest absolute Gasteiger partial charge is 0.184 e. The summed E-state index contributed by atoms with van der Waals surface area (Å²) in [7, 11) is 0. The second-order valence-corrected chi connectivity index (χ2v) is 2.67. The molecule has 6 heteroatoms. The molecular formula is C6H11FO5. The molecule has 3 unspecified atom stereocenters. The first-order chi connectivity index (χ1) is 5.57. The molecule has 0 spiro atoms. The van der Waals surface area contributed by atoms with Crippen molar-refractivity contribution in [3.05, 3.63) is 0 Å². The molecule has 1 rings (SSSR count). The lowest BCUT2D eigenvalue weighted by atomic mass is 10.0. The number of hydrogen-bond donors (Lipinski definition) is 4. The highest BCUT2D eigenvalue weighted by Gasteiger charge is 2.43. The standard InChI is InChI=1S/C6H11FO5/c7-3-4(9)2(1-8)12-6(11)5(3)10/h2-6,8-11H,1H2/t2?,3?,4-,5?,6-/m1/s1. The zero-order valence-electron chi connectivity index (χ0n) is 6.17. The van der Waals surface area contributed by atoms with Crippen molar-refractivity contribution in [2.24, 2.45) is 0 Å². The first-order valence-corrected chi connectivity index (χ1v) is 3.52. The van der Waals surface area contributed by atoms with Crippen LogP contribution in [0.1, 0.15) is 0 Å². The molecule has 0 aromatic rings. The molecule has 1 aliphatic heterocycles. The molecule has 72 valence electrons. The SMILES string of the molecule is OCC1O[C@@H](O)C(O)C(F)[C@@H]1O. The van der Waals surface area contributed by atoms with E-state index < -0.39 is 37.4 Å². The summed E-state index contributed by atoms with van der Waals surface area (Å²) >= 11 is 0. The maximum absolute atomic E-state index is 12.8. The van der Waals surface area contributed by atoms with Crippen molar-refractivity contribution >= 4 is 0 Å². The Morgan fingerprint density at radius 3 is 2.25 bits per heavy atom. The summed E-state index contributed by atoms with van der Waals surface area (Å²) in [5.74, 6) is 0. The van der Waals surface area contributed by atoms with Crippen LogP contribution < -0.4 is 0 Å². The molecule has 1 saturated heterocycles. The summed E-state index contributed by atoms with van der Waals surface area (Å²) in [6, 6.07) is 0. The van der Waals surface area contributed by atoms with E-state index in [0.717, 1.165) is 0 Å². The van der Waals surface area contributed by atoms with Crippen molar-refractivity contribution in [1.82, 2.24) is 0 Å². The van der Waals surface area contributed by atoms with Gasteiger partial charge < -0.3 is 25.2 Å². The number of aliphatic hydroxyl groups is 4. The van der Waals surface area contributed by atoms with Crippen LogP contribution in [0.2, 0.25) is 0 Å². The molecule has 4 N–H and O–H groups in total. The number of hydrogen-bond acceptors (Lipinski definition) is 5. The number of aliphatic hydroxyl groups excluding tert-OH is 4. The zero-order valence-corrected chi connectivity index (χ0v) is 6.17. The van der Waals surface area contributed by atoms with Crippen molar-refractivity contribution in [2.45, 2.75) is 30.8 Å². The van der Waals surface area contributed by atoms with Gasteiger partial charge in [-0.25, -0.2) is 4.39 Å². The summed E-state index contributed by atoms with van der Waals surface area (Å²) in [5, 5.41) is 35.2. The van der Waals surface area contributed by atoms with E-state index in [1.165, 1.54) is 0 Å². The highest BCUT2D eigenvalue weighted by molar-refractivity contribution is 4.88. The fourth-order valence-electron chi connectivity index (χ4n) is 1.06. The minimum Gasteiger partial charge on any atom is -0.394 e. The Morgan fingerprint density at radius 1 is 1.17 bits per heavy atom. The monoisotopic (exact) mass is 182 g/mol. The number of rotatable bonds is 1. The molecule has 1 aliphatic rings. The molecule has 5 nitrogen and oxygen atoms in total. The van der Waals surface area contributed by atoms with Gasteiger partial charge in [0.25, 0.3) is 0 Å². The lowest BCUT2D eigenvalue weighted by Crippen LogP contribution is -2.56. The molecule has 0 saturated carbocycles. The van der Waals surface area contributed by atoms with Crippen LogP contribution in [0, 0.1) is 0 Å². The minimum atomic E-state index is -1.99. The van der Waals surface area contributed by atoms with Crippen LogP contribution in [0.25, 0.3) is 0 Å². The molecule has 0 amide bonds. The first-order valence-electron chi connectivity index (χ1n) is 3.52. The normalized spacial score (nSPS) is 49.2. The predicted octanol–water partition coefficient (Wildman–Crippen LogP) is -2.24. The molecule has 0 aromatic carbocycles. The van der Waals surface area contributed by atoms with Crippen LogP contribution in [-0.2, 0) is 4.74 Å². The van der Waals surface area contributed by atoms with Gasteiger partial charge in [0.2, 0.25) is 0 Å². The van der Waals surface area contributed by atoms with E-state index in [0.29, 0.717) is 0 Å². The van der Waals surface area contributed by atoms with E-state index in [9.17, 15) is 4.39 Å². The van der Waals surface area contributed by atoms with Gasteiger partial charge in [0, 0.05) is 0 Å². The van der Waals surface area contributed by atoms with Gasteiger partial charge in [0.05, 0.1) is 6.61 Å². The van der Waals surface area contributed by atoms with Crippen molar-refractivity contribution in [3.63, 3.8) is 0 Å². The number of halogens is 1. The van der Waals surface area contributed by atoms with E-state index in [1.807, 2.05) is 0 Å². The first kappa shape index (κ1) is 9.82. The molecular weight excluding hydrogens is 171 g/mol. The topological polar surface area (TPSA) is 90.2 Å². The van der Waals surface area contributed by atoms with Crippen molar-refractivity contribution in [1.29, 1.82) is 0 Å². The van der Waals surface area contributed by atoms with Gasteiger partial charge in [0.15, 0.2) is 12.5 Å². The van der Waals surface area contributed by atoms with E-state index in [2.05, 4.69) is 4.74 Å². The van der Waals surface area contributed by atoms with Crippen LogP contribution in [0.15, 0.2) is 0 Å². The average Bonchev–Trinajstić information content (AvgIpc) is 2.08.